The van der Waals surface area contributed by atoms with Crippen LogP contribution < -0.4 is 16.0 Å². The second-order valence-electron chi connectivity index (χ2n) is 10.0. The Labute approximate surface area is 240 Å². The van der Waals surface area contributed by atoms with E-state index in [0.29, 0.717) is 10.2 Å². The lowest BCUT2D eigenvalue weighted by Crippen LogP contribution is -2.42. The summed E-state index contributed by atoms with van der Waals surface area (Å²) in [6.45, 7) is -1.56. The van der Waals surface area contributed by atoms with Gasteiger partial charge in [-0.05, 0) is 31.0 Å². The van der Waals surface area contributed by atoms with Crippen molar-refractivity contribution in [1.82, 2.24) is 20.1 Å². The molecule has 2 amide bonds. The number of aliphatic imine (C=N–C) groups is 1. The third-order valence-corrected chi connectivity index (χ3v) is 6.72. The minimum absolute atomic E-state index is 0.154. The first-order valence-corrected chi connectivity index (χ1v) is 13.2. The maximum Gasteiger partial charge on any atom is 0.408 e. The third kappa shape index (κ3) is 6.08. The van der Waals surface area contributed by atoms with Crippen LogP contribution in [0.15, 0.2) is 71.9 Å². The van der Waals surface area contributed by atoms with E-state index in [1.54, 1.807) is 36.4 Å². The van der Waals surface area contributed by atoms with E-state index in [1.165, 1.54) is 18.2 Å². The second kappa shape index (κ2) is 10.9. The Bertz CT molecular complexity index is 1750. The Morgan fingerprint density at radius 3 is 2.47 bits per heavy atom. The van der Waals surface area contributed by atoms with E-state index in [2.05, 4.69) is 31.0 Å². The lowest BCUT2D eigenvalue weighted by molar-refractivity contribution is -0.142. The molecule has 6 rings (SSSR count). The van der Waals surface area contributed by atoms with E-state index in [9.17, 15) is 27.2 Å². The van der Waals surface area contributed by atoms with Crippen LogP contribution in [0.1, 0.15) is 34.3 Å². The summed E-state index contributed by atoms with van der Waals surface area (Å²) in [4.78, 5) is 34.9. The van der Waals surface area contributed by atoms with Crippen molar-refractivity contribution in [2.75, 3.05) is 10.6 Å². The maximum absolute atomic E-state index is 15.1. The number of rotatable bonds is 7. The van der Waals surface area contributed by atoms with Gasteiger partial charge in [0.1, 0.15) is 23.9 Å². The van der Waals surface area contributed by atoms with Crippen LogP contribution in [0.5, 0.6) is 0 Å². The van der Waals surface area contributed by atoms with Crippen LogP contribution in [0.3, 0.4) is 0 Å². The van der Waals surface area contributed by atoms with Crippen molar-refractivity contribution in [3.8, 4) is 11.3 Å². The number of alkyl halides is 3. The number of benzene rings is 2. The third-order valence-electron chi connectivity index (χ3n) is 6.72. The molecule has 0 spiro atoms. The van der Waals surface area contributed by atoms with Gasteiger partial charge >= 0.3 is 6.18 Å². The lowest BCUT2D eigenvalue weighted by Gasteiger charge is -2.13. The quantitative estimate of drug-likeness (QED) is 0.208. The van der Waals surface area contributed by atoms with Gasteiger partial charge in [0.15, 0.2) is 0 Å². The summed E-state index contributed by atoms with van der Waals surface area (Å²) in [5.41, 5.74) is -0.398. The SMILES string of the molecule is O=C(N[C@H]1N=C(c2ccccc2)c2cccc(F)c2NC1=O)c1cn(CC(F)(F)F)nc1-c1ccc(NC2CC2)nc1F. The summed E-state index contributed by atoms with van der Waals surface area (Å²) in [6, 6.07) is 15.5. The zero-order valence-corrected chi connectivity index (χ0v) is 22.1. The number of fused-ring (bicyclic) bond motifs is 1. The van der Waals surface area contributed by atoms with Gasteiger partial charge in [0, 0.05) is 23.4 Å². The average molecular weight is 596 g/mol. The van der Waals surface area contributed by atoms with Gasteiger partial charge in [-0.15, -0.1) is 0 Å². The highest BCUT2D eigenvalue weighted by Gasteiger charge is 2.33. The van der Waals surface area contributed by atoms with Gasteiger partial charge in [0.25, 0.3) is 11.8 Å². The Morgan fingerprint density at radius 2 is 1.77 bits per heavy atom. The van der Waals surface area contributed by atoms with Crippen LogP contribution >= 0.6 is 0 Å². The molecule has 0 bridgehead atoms. The summed E-state index contributed by atoms with van der Waals surface area (Å²) in [6.07, 6.45) is -3.73. The van der Waals surface area contributed by atoms with Crippen LogP contribution in [-0.4, -0.2) is 50.7 Å². The van der Waals surface area contributed by atoms with Gasteiger partial charge in [-0.3, -0.25) is 14.3 Å². The number of carbonyl (C=O) groups is 2. The minimum atomic E-state index is -4.70. The number of hydrogen-bond acceptors (Lipinski definition) is 6. The number of carbonyl (C=O) groups excluding carboxylic acids is 2. The number of benzodiazepines with no additional fused rings is 1. The van der Waals surface area contributed by atoms with Crippen molar-refractivity contribution >= 4 is 29.0 Å². The summed E-state index contributed by atoms with van der Waals surface area (Å²) >= 11 is 0. The van der Waals surface area contributed by atoms with Crippen LogP contribution in [0, 0.1) is 11.8 Å². The molecule has 1 aliphatic heterocycles. The fraction of sp³-hybridized carbons (Fsp3) is 0.207. The van der Waals surface area contributed by atoms with Gasteiger partial charge in [0.2, 0.25) is 12.1 Å². The monoisotopic (exact) mass is 595 g/mol. The number of pyridine rings is 1. The van der Waals surface area contributed by atoms with Crippen LogP contribution in [0.25, 0.3) is 11.3 Å². The normalized spacial score (nSPS) is 16.5. The molecule has 1 atom stereocenters. The molecule has 3 N–H and O–H groups in total. The lowest BCUT2D eigenvalue weighted by atomic mass is 10.0. The van der Waals surface area contributed by atoms with E-state index >= 15 is 4.39 Å². The number of aromatic nitrogens is 3. The van der Waals surface area contributed by atoms with Gasteiger partial charge in [0.05, 0.1) is 22.5 Å². The summed E-state index contributed by atoms with van der Waals surface area (Å²) < 4.78 is 70.0. The molecule has 1 saturated carbocycles. The summed E-state index contributed by atoms with van der Waals surface area (Å²) in [5, 5.41) is 11.7. The van der Waals surface area contributed by atoms with Crippen molar-refractivity contribution in [3.05, 3.63) is 95.3 Å². The molecule has 43 heavy (non-hydrogen) atoms. The highest BCUT2D eigenvalue weighted by molar-refractivity contribution is 6.20. The highest BCUT2D eigenvalue weighted by atomic mass is 19.4. The van der Waals surface area contributed by atoms with Crippen molar-refractivity contribution in [1.29, 1.82) is 0 Å². The van der Waals surface area contributed by atoms with Gasteiger partial charge in [-0.25, -0.2) is 14.4 Å². The van der Waals surface area contributed by atoms with Crippen molar-refractivity contribution in [2.45, 2.75) is 37.8 Å². The first kappa shape index (κ1) is 28.0. The maximum atomic E-state index is 15.1. The standard InChI is InChI=1S/C29H22F5N7O2/c30-20-8-4-7-17-22(15-5-2-1-3-6-15)37-26(28(43)38-24(17)20)39-27(42)19-13-41(14-29(32,33)34)40-23(19)18-11-12-21(36-25(18)31)35-16-9-10-16/h1-8,11-13,16,26H,9-10,14H2,(H,35,36)(H,38,43)(H,39,42)/t26-/m1/s1. The topological polar surface area (TPSA) is 113 Å². The number of nitrogens with zero attached hydrogens (tertiary/aromatic N) is 4. The molecule has 2 aromatic carbocycles. The van der Waals surface area contributed by atoms with Crippen LogP contribution in [0.4, 0.5) is 33.5 Å². The predicted molar refractivity (Wildman–Crippen MR) is 146 cm³/mol. The Hall–Kier alpha value is -5.14. The number of nitrogens with one attached hydrogen (secondary N) is 3. The molecule has 2 aliphatic rings. The molecule has 3 heterocycles. The molecule has 0 radical (unpaired) electrons. The minimum Gasteiger partial charge on any atom is -0.367 e. The van der Waals surface area contributed by atoms with Crippen molar-refractivity contribution < 1.29 is 31.5 Å². The molecule has 2 aromatic heterocycles. The molecule has 14 heteroatoms. The number of amides is 2. The molecule has 1 aliphatic carbocycles. The zero-order chi connectivity index (χ0) is 30.3. The fourth-order valence-corrected chi connectivity index (χ4v) is 4.60. The summed E-state index contributed by atoms with van der Waals surface area (Å²) in [5.74, 6) is -3.53. The molecule has 220 valence electrons. The molecule has 9 nitrogen and oxygen atoms in total. The van der Waals surface area contributed by atoms with Crippen molar-refractivity contribution in [3.63, 3.8) is 0 Å². The number of para-hydroxylation sites is 1. The van der Waals surface area contributed by atoms with Gasteiger partial charge in [-0.1, -0.05) is 42.5 Å². The van der Waals surface area contributed by atoms with Crippen LogP contribution in [0.2, 0.25) is 0 Å². The van der Waals surface area contributed by atoms with E-state index in [4.69, 9.17) is 0 Å². The molecule has 4 aromatic rings. The number of halogens is 5. The molecular formula is C29H22F5N7O2. The molecule has 0 saturated heterocycles. The first-order chi connectivity index (χ1) is 20.6. The summed E-state index contributed by atoms with van der Waals surface area (Å²) in [7, 11) is 0. The van der Waals surface area contributed by atoms with E-state index < -0.39 is 53.7 Å². The first-order valence-electron chi connectivity index (χ1n) is 13.2. The number of hydrogen-bond donors (Lipinski definition) is 3. The number of anilines is 2. The van der Waals surface area contributed by atoms with E-state index in [1.807, 2.05) is 0 Å². The zero-order valence-electron chi connectivity index (χ0n) is 22.1. The van der Waals surface area contributed by atoms with E-state index in [0.717, 1.165) is 25.1 Å². The fourth-order valence-electron chi connectivity index (χ4n) is 4.60. The Balaban J connectivity index is 1.37. The highest BCUT2D eigenvalue weighted by Crippen LogP contribution is 2.30. The smallest absolute Gasteiger partial charge is 0.367 e. The largest absolute Gasteiger partial charge is 0.408 e. The van der Waals surface area contributed by atoms with Gasteiger partial charge in [-0.2, -0.15) is 22.7 Å². The van der Waals surface area contributed by atoms with Crippen molar-refractivity contribution in [2.24, 2.45) is 4.99 Å². The Kier molecular flexibility index (Phi) is 7.12. The predicted octanol–water partition coefficient (Wildman–Crippen LogP) is 4.91. The Morgan fingerprint density at radius 1 is 1.00 bits per heavy atom. The molecular weight excluding hydrogens is 573 g/mol. The van der Waals surface area contributed by atoms with Gasteiger partial charge < -0.3 is 16.0 Å². The second-order valence-corrected chi connectivity index (χ2v) is 10.0. The average Bonchev–Trinajstić information content (AvgIpc) is 3.70. The molecule has 0 unspecified atom stereocenters. The van der Waals surface area contributed by atoms with E-state index in [-0.39, 0.29) is 34.4 Å². The van der Waals surface area contributed by atoms with Crippen LogP contribution in [-0.2, 0) is 11.3 Å². The molecule has 1 fully saturated rings.